The second-order valence-corrected chi connectivity index (χ2v) is 6.25. The molecule has 2 aromatic rings. The standard InChI is InChI=1S/C16H20N4O2/c1-16(2)8-12(10-22-16)18-15(21)13-9-20(3)19-14(13)11-4-6-17-7-5-11/h4-7,9,12H,8,10H2,1-3H3,(H,18,21). The van der Waals surface area contributed by atoms with Crippen molar-refractivity contribution in [3.8, 4) is 11.3 Å². The molecule has 6 heteroatoms. The van der Waals surface area contributed by atoms with Crippen LogP contribution >= 0.6 is 0 Å². The van der Waals surface area contributed by atoms with Gasteiger partial charge in [-0.2, -0.15) is 5.10 Å². The van der Waals surface area contributed by atoms with Gasteiger partial charge in [-0.3, -0.25) is 14.5 Å². The quantitative estimate of drug-likeness (QED) is 0.938. The Balaban J connectivity index is 1.82. The molecule has 116 valence electrons. The first-order valence-electron chi connectivity index (χ1n) is 7.33. The fraction of sp³-hybridized carbons (Fsp3) is 0.438. The van der Waals surface area contributed by atoms with Crippen molar-refractivity contribution in [2.24, 2.45) is 7.05 Å². The lowest BCUT2D eigenvalue weighted by molar-refractivity contribution is 0.0355. The third kappa shape index (κ3) is 3.01. The first-order valence-corrected chi connectivity index (χ1v) is 7.33. The summed E-state index contributed by atoms with van der Waals surface area (Å²) in [6.45, 7) is 4.61. The highest BCUT2D eigenvalue weighted by Gasteiger charge is 2.33. The van der Waals surface area contributed by atoms with E-state index in [4.69, 9.17) is 4.74 Å². The number of nitrogens with zero attached hydrogens (tertiary/aromatic N) is 3. The maximum atomic E-state index is 12.6. The largest absolute Gasteiger partial charge is 0.373 e. The van der Waals surface area contributed by atoms with Gasteiger partial charge in [-0.15, -0.1) is 0 Å². The summed E-state index contributed by atoms with van der Waals surface area (Å²) in [5.74, 6) is -0.119. The number of aromatic nitrogens is 3. The van der Waals surface area contributed by atoms with Crippen molar-refractivity contribution in [3.05, 3.63) is 36.3 Å². The topological polar surface area (TPSA) is 69.0 Å². The second-order valence-electron chi connectivity index (χ2n) is 6.25. The zero-order valence-corrected chi connectivity index (χ0v) is 13.0. The summed E-state index contributed by atoms with van der Waals surface area (Å²) in [7, 11) is 1.81. The van der Waals surface area contributed by atoms with Gasteiger partial charge in [0, 0.05) is 31.2 Å². The summed E-state index contributed by atoms with van der Waals surface area (Å²) in [6, 6.07) is 3.73. The van der Waals surface area contributed by atoms with Crippen LogP contribution < -0.4 is 5.32 Å². The number of hydrogen-bond donors (Lipinski definition) is 1. The minimum absolute atomic E-state index is 0.0352. The number of nitrogens with one attached hydrogen (secondary N) is 1. The normalized spacial score (nSPS) is 20.0. The number of hydrogen-bond acceptors (Lipinski definition) is 4. The molecule has 1 N–H and O–H groups in total. The Kier molecular flexibility index (Phi) is 3.70. The van der Waals surface area contributed by atoms with Crippen molar-refractivity contribution in [2.75, 3.05) is 6.61 Å². The number of ether oxygens (including phenoxy) is 1. The number of rotatable bonds is 3. The van der Waals surface area contributed by atoms with Crippen LogP contribution in [-0.4, -0.2) is 38.9 Å². The van der Waals surface area contributed by atoms with E-state index in [-0.39, 0.29) is 17.6 Å². The van der Waals surface area contributed by atoms with Crippen LogP contribution in [0.25, 0.3) is 11.3 Å². The Bertz CT molecular complexity index is 679. The van der Waals surface area contributed by atoms with E-state index in [1.807, 2.05) is 33.0 Å². The minimum Gasteiger partial charge on any atom is -0.373 e. The average Bonchev–Trinajstić information content (AvgIpc) is 3.02. The first-order chi connectivity index (χ1) is 10.4. The van der Waals surface area contributed by atoms with Crippen LogP contribution in [0.5, 0.6) is 0 Å². The summed E-state index contributed by atoms with van der Waals surface area (Å²) in [4.78, 5) is 16.6. The van der Waals surface area contributed by atoms with E-state index >= 15 is 0 Å². The molecule has 1 unspecified atom stereocenters. The summed E-state index contributed by atoms with van der Waals surface area (Å²) >= 11 is 0. The lowest BCUT2D eigenvalue weighted by Crippen LogP contribution is -2.35. The molecule has 0 aliphatic carbocycles. The molecule has 0 radical (unpaired) electrons. The van der Waals surface area contributed by atoms with Crippen LogP contribution in [-0.2, 0) is 11.8 Å². The molecule has 0 spiro atoms. The van der Waals surface area contributed by atoms with E-state index in [1.54, 1.807) is 23.3 Å². The lowest BCUT2D eigenvalue weighted by atomic mass is 10.0. The smallest absolute Gasteiger partial charge is 0.255 e. The molecular formula is C16H20N4O2. The zero-order valence-electron chi connectivity index (χ0n) is 13.0. The third-order valence-electron chi connectivity index (χ3n) is 3.78. The van der Waals surface area contributed by atoms with Gasteiger partial charge in [0.1, 0.15) is 5.69 Å². The van der Waals surface area contributed by atoms with Crippen molar-refractivity contribution in [1.82, 2.24) is 20.1 Å². The van der Waals surface area contributed by atoms with Crippen molar-refractivity contribution >= 4 is 5.91 Å². The number of aryl methyl sites for hydroxylation is 1. The summed E-state index contributed by atoms with van der Waals surface area (Å²) < 4.78 is 7.32. The number of amides is 1. The second kappa shape index (κ2) is 5.53. The maximum Gasteiger partial charge on any atom is 0.255 e. The first kappa shape index (κ1) is 14.7. The molecule has 1 amide bonds. The van der Waals surface area contributed by atoms with Crippen molar-refractivity contribution in [3.63, 3.8) is 0 Å². The van der Waals surface area contributed by atoms with Crippen LogP contribution in [0.3, 0.4) is 0 Å². The van der Waals surface area contributed by atoms with E-state index < -0.39 is 0 Å². The molecule has 2 aromatic heterocycles. The van der Waals surface area contributed by atoms with Crippen molar-refractivity contribution in [2.45, 2.75) is 31.9 Å². The van der Waals surface area contributed by atoms with Gasteiger partial charge in [-0.05, 0) is 32.4 Å². The molecule has 1 saturated heterocycles. The summed E-state index contributed by atoms with van der Waals surface area (Å²) in [5.41, 5.74) is 1.93. The highest BCUT2D eigenvalue weighted by Crippen LogP contribution is 2.26. The van der Waals surface area contributed by atoms with Crippen LogP contribution in [0, 0.1) is 0 Å². The van der Waals surface area contributed by atoms with Gasteiger partial charge in [-0.25, -0.2) is 0 Å². The molecule has 0 aromatic carbocycles. The number of pyridine rings is 1. The fourth-order valence-corrected chi connectivity index (χ4v) is 2.77. The molecule has 22 heavy (non-hydrogen) atoms. The highest BCUT2D eigenvalue weighted by molar-refractivity contribution is 5.99. The molecule has 1 fully saturated rings. The Morgan fingerprint density at radius 3 is 2.77 bits per heavy atom. The van der Waals surface area contributed by atoms with E-state index in [2.05, 4.69) is 15.4 Å². The van der Waals surface area contributed by atoms with Crippen molar-refractivity contribution < 1.29 is 9.53 Å². The Labute approximate surface area is 129 Å². The third-order valence-corrected chi connectivity index (χ3v) is 3.78. The molecule has 3 rings (SSSR count). The van der Waals surface area contributed by atoms with Crippen LogP contribution in [0.2, 0.25) is 0 Å². The SMILES string of the molecule is Cn1cc(C(=O)NC2COC(C)(C)C2)c(-c2ccncc2)n1. The highest BCUT2D eigenvalue weighted by atomic mass is 16.5. The number of carbonyl (C=O) groups is 1. The zero-order chi connectivity index (χ0) is 15.7. The Morgan fingerprint density at radius 2 is 2.14 bits per heavy atom. The van der Waals surface area contributed by atoms with Gasteiger partial charge < -0.3 is 10.1 Å². The maximum absolute atomic E-state index is 12.6. The molecule has 1 aliphatic rings. The van der Waals surface area contributed by atoms with E-state index in [0.29, 0.717) is 17.9 Å². The summed E-state index contributed by atoms with van der Waals surface area (Å²) in [6.07, 6.45) is 5.94. The molecule has 1 atom stereocenters. The minimum atomic E-state index is -0.180. The van der Waals surface area contributed by atoms with Crippen molar-refractivity contribution in [1.29, 1.82) is 0 Å². The molecule has 0 bridgehead atoms. The molecule has 0 saturated carbocycles. The van der Waals surface area contributed by atoms with Gasteiger partial charge in [-0.1, -0.05) is 0 Å². The Hall–Kier alpha value is -2.21. The fourth-order valence-electron chi connectivity index (χ4n) is 2.77. The summed E-state index contributed by atoms with van der Waals surface area (Å²) in [5, 5.41) is 7.44. The molecular weight excluding hydrogens is 280 g/mol. The molecule has 1 aliphatic heterocycles. The van der Waals surface area contributed by atoms with E-state index in [1.165, 1.54) is 0 Å². The van der Waals surface area contributed by atoms with Crippen LogP contribution in [0.4, 0.5) is 0 Å². The van der Waals surface area contributed by atoms with Gasteiger partial charge in [0.25, 0.3) is 5.91 Å². The predicted octanol–water partition coefficient (Wildman–Crippen LogP) is 1.78. The average molecular weight is 300 g/mol. The van der Waals surface area contributed by atoms with Gasteiger partial charge in [0.15, 0.2) is 0 Å². The molecule has 3 heterocycles. The van der Waals surface area contributed by atoms with Gasteiger partial charge in [0.05, 0.1) is 23.8 Å². The van der Waals surface area contributed by atoms with Gasteiger partial charge in [0.2, 0.25) is 0 Å². The van der Waals surface area contributed by atoms with E-state index in [9.17, 15) is 4.79 Å². The van der Waals surface area contributed by atoms with Gasteiger partial charge >= 0.3 is 0 Å². The van der Waals surface area contributed by atoms with E-state index in [0.717, 1.165) is 12.0 Å². The van der Waals surface area contributed by atoms with Crippen LogP contribution in [0.15, 0.2) is 30.7 Å². The number of carbonyl (C=O) groups excluding carboxylic acids is 1. The predicted molar refractivity (Wildman–Crippen MR) is 82.3 cm³/mol. The van der Waals surface area contributed by atoms with Crippen LogP contribution in [0.1, 0.15) is 30.6 Å². The lowest BCUT2D eigenvalue weighted by Gasteiger charge is -2.16. The Morgan fingerprint density at radius 1 is 1.41 bits per heavy atom. The molecule has 6 nitrogen and oxygen atoms in total. The monoisotopic (exact) mass is 300 g/mol.